The predicted octanol–water partition coefficient (Wildman–Crippen LogP) is 16.9. The molecule has 0 amide bonds. The van der Waals surface area contributed by atoms with Gasteiger partial charge in [0.1, 0.15) is 41.9 Å². The molecule has 11 heterocycles. The number of hydrogen-bond acceptors (Lipinski definition) is 17. The summed E-state index contributed by atoms with van der Waals surface area (Å²) >= 11 is 0. The second-order valence-corrected chi connectivity index (χ2v) is 21.1. The maximum atomic E-state index is 4.58. The van der Waals surface area contributed by atoms with Gasteiger partial charge in [0.2, 0.25) is 0 Å². The molecule has 0 aliphatic carbocycles. The van der Waals surface area contributed by atoms with Crippen LogP contribution in [0.5, 0.6) is 0 Å². The molecule has 0 radical (unpaired) electrons. The van der Waals surface area contributed by atoms with Crippen molar-refractivity contribution in [3.63, 3.8) is 0 Å². The molecule has 462 valence electrons. The molecule has 0 aliphatic rings. The van der Waals surface area contributed by atoms with E-state index in [1.54, 1.807) is 49.6 Å². The van der Waals surface area contributed by atoms with Crippen LogP contribution in [0, 0.1) is 0 Å². The van der Waals surface area contributed by atoms with Gasteiger partial charge in [0.05, 0.1) is 68.2 Å². The molecule has 1 N–H and O–H groups in total. The molecule has 11 aromatic heterocycles. The van der Waals surface area contributed by atoms with Gasteiger partial charge in [-0.05, 0) is 102 Å². The maximum Gasteiger partial charge on any atom is 0.181 e. The third kappa shape index (κ3) is 16.3. The Morgan fingerprint density at radius 3 is 1.13 bits per heavy atom. The minimum atomic E-state index is 0.637. The van der Waals surface area contributed by atoms with E-state index in [1.807, 2.05) is 146 Å². The van der Waals surface area contributed by atoms with Crippen molar-refractivity contribution < 1.29 is 0 Å². The van der Waals surface area contributed by atoms with E-state index in [0.717, 1.165) is 77.2 Å². The lowest BCUT2D eigenvalue weighted by Crippen LogP contribution is -1.90. The number of para-hydroxylation sites is 10. The molecule has 0 bridgehead atoms. The average Bonchev–Trinajstić information content (AvgIpc) is 1.86. The van der Waals surface area contributed by atoms with Gasteiger partial charge in [0.25, 0.3) is 0 Å². The average molecular weight is 1260 g/mol. The van der Waals surface area contributed by atoms with Crippen LogP contribution in [0.4, 0.5) is 0 Å². The van der Waals surface area contributed by atoms with Crippen LogP contribution in [0.1, 0.15) is 0 Å². The maximum absolute atomic E-state index is 4.58. The van der Waals surface area contributed by atoms with Gasteiger partial charge in [0, 0.05) is 68.9 Å². The van der Waals surface area contributed by atoms with Crippen molar-refractivity contribution in [3.8, 4) is 11.1 Å². The number of pyridine rings is 3. The van der Waals surface area contributed by atoms with Gasteiger partial charge < -0.3 is 4.98 Å². The molecule has 0 spiro atoms. The van der Waals surface area contributed by atoms with E-state index in [-0.39, 0.29) is 0 Å². The minimum absolute atomic E-state index is 0.637. The van der Waals surface area contributed by atoms with E-state index in [1.165, 1.54) is 69.0 Å². The summed E-state index contributed by atoms with van der Waals surface area (Å²) in [5.74, 6) is 0. The summed E-state index contributed by atoms with van der Waals surface area (Å²) < 4.78 is 0. The van der Waals surface area contributed by atoms with E-state index < -0.39 is 0 Å². The molecule has 97 heavy (non-hydrogen) atoms. The van der Waals surface area contributed by atoms with Crippen molar-refractivity contribution in [2.24, 2.45) is 0 Å². The van der Waals surface area contributed by atoms with Crippen LogP contribution in [0.15, 0.2) is 336 Å². The third-order valence-corrected chi connectivity index (χ3v) is 14.7. The van der Waals surface area contributed by atoms with E-state index in [9.17, 15) is 0 Å². The number of H-pyrrole nitrogens is 1. The number of benzene rings is 9. The Morgan fingerprint density at radius 1 is 0.206 bits per heavy atom. The molecule has 0 aliphatic heterocycles. The lowest BCUT2D eigenvalue weighted by molar-refractivity contribution is 1.15. The lowest BCUT2D eigenvalue weighted by Gasteiger charge is -1.99. The van der Waals surface area contributed by atoms with E-state index in [0.29, 0.717) is 11.3 Å². The Hall–Kier alpha value is -13.9. The van der Waals surface area contributed by atoms with Crippen LogP contribution in [0.2, 0.25) is 0 Å². The number of nitrogens with one attached hydrogen (secondary N) is 1. The second-order valence-electron chi connectivity index (χ2n) is 21.1. The molecule has 20 rings (SSSR count). The predicted molar refractivity (Wildman–Crippen MR) is 386 cm³/mol. The zero-order chi connectivity index (χ0) is 65.5. The topological polar surface area (TPSA) is 235 Å². The van der Waals surface area contributed by atoms with Gasteiger partial charge in [-0.2, -0.15) is 0 Å². The number of hydrogen-bond donors (Lipinski definition) is 1. The smallest absolute Gasteiger partial charge is 0.181 e. The van der Waals surface area contributed by atoms with Gasteiger partial charge in [0.15, 0.2) is 16.9 Å². The van der Waals surface area contributed by atoms with Crippen molar-refractivity contribution in [2.75, 3.05) is 0 Å². The van der Waals surface area contributed by atoms with Crippen LogP contribution in [0.3, 0.4) is 0 Å². The van der Waals surface area contributed by atoms with E-state index >= 15 is 0 Å². The van der Waals surface area contributed by atoms with Crippen LogP contribution >= 0.6 is 0 Å². The van der Waals surface area contributed by atoms with Gasteiger partial charge in [-0.3, -0.25) is 4.98 Å². The summed E-state index contributed by atoms with van der Waals surface area (Å²) in [4.78, 5) is 73.1. The standard InChI is InChI=1S/C13H9N.C12H8N2.C12H9N.C12H10.C10H6N4.2C7H5N3.C6H4N4/c1-3-7-12-10(5-1)9-11-6-2-4-8-13(11)14-12;1-2-6-10-9(5-1)13-11-7-3-4-8-12(11)14-10;1-3-7-11-9(5-1)10-6-2-4-8-12(10)13-11;1-3-7-11(8-4-1)12-9-5-2-6-10-12;1-2-4-8-7(3-1)13-9-5-11-6-12-10(9)14-8;1-2-6-7(9-3-1)4-8-5-10-6;1-2-6-4-8-5-10-7(6)9-3-1;1-2-9-6-5(8-1)3-7-4-10-6/h1-9H;1-8H;1-8,13H;1-10H;1-6H;2*1-5H;1-4H. The summed E-state index contributed by atoms with van der Waals surface area (Å²) in [7, 11) is 0. The Balaban J connectivity index is 0.000000100. The molecule has 0 saturated carbocycles. The number of aromatic amines is 1. The van der Waals surface area contributed by atoms with Gasteiger partial charge in [-0.15, -0.1) is 0 Å². The third-order valence-electron chi connectivity index (χ3n) is 14.7. The molecule has 18 heteroatoms. The highest BCUT2D eigenvalue weighted by Gasteiger charge is 2.04. The monoisotopic (exact) mass is 1260 g/mol. The molecule has 0 atom stereocenters. The van der Waals surface area contributed by atoms with Crippen LogP contribution in [-0.4, -0.2) is 89.7 Å². The summed E-state index contributed by atoms with van der Waals surface area (Å²) in [6.07, 6.45) is 19.4. The fraction of sp³-hybridized carbons (Fsp3) is 0. The lowest BCUT2D eigenvalue weighted by atomic mass is 10.1. The molecule has 0 fully saturated rings. The fourth-order valence-electron chi connectivity index (χ4n) is 10.1. The largest absolute Gasteiger partial charge is 0.355 e. The van der Waals surface area contributed by atoms with E-state index in [2.05, 4.69) is 205 Å². The molecule has 20 aromatic rings. The molecule has 0 unspecified atom stereocenters. The summed E-state index contributed by atoms with van der Waals surface area (Å²) in [6, 6.07) is 87.2. The highest BCUT2D eigenvalue weighted by molar-refractivity contribution is 6.07. The van der Waals surface area contributed by atoms with Crippen molar-refractivity contribution in [1.29, 1.82) is 0 Å². The molecular weight excluding hydrogens is 1200 g/mol. The quantitative estimate of drug-likeness (QED) is 0.150. The van der Waals surface area contributed by atoms with E-state index in [4.69, 9.17) is 0 Å². The Labute approximate surface area is 554 Å². The Kier molecular flexibility index (Phi) is 20.1. The number of rotatable bonds is 1. The van der Waals surface area contributed by atoms with Gasteiger partial charge in [-0.1, -0.05) is 170 Å². The second kappa shape index (κ2) is 31.4. The highest BCUT2D eigenvalue weighted by atomic mass is 15.0. The number of nitrogens with zero attached hydrogens (tertiary/aromatic N) is 17. The number of aromatic nitrogens is 18. The van der Waals surface area contributed by atoms with Gasteiger partial charge >= 0.3 is 0 Å². The van der Waals surface area contributed by atoms with Crippen LogP contribution < -0.4 is 0 Å². The zero-order valence-corrected chi connectivity index (χ0v) is 51.9. The van der Waals surface area contributed by atoms with Crippen LogP contribution in [-0.2, 0) is 0 Å². The first-order valence-corrected chi connectivity index (χ1v) is 30.7. The summed E-state index contributed by atoms with van der Waals surface area (Å²) in [5, 5.41) is 5.98. The number of fused-ring (bicyclic) bond motifs is 12. The first-order chi connectivity index (χ1) is 48.1. The molecule has 9 aromatic carbocycles. The minimum Gasteiger partial charge on any atom is -0.355 e. The SMILES string of the molecule is c1ccc(-c2ccccc2)cc1.c1ccc2c(c1)[nH]c1ccccc12.c1ccc2nc3ccccc3cc2c1.c1ccc2nc3ccccc3nc2c1.c1ccc2nc3ncncc3nc2c1.c1cnc2cncnc2c1.c1cnc2ncncc2c1.c1cnc2ncncc2n1. The van der Waals surface area contributed by atoms with Crippen molar-refractivity contribution >= 4 is 121 Å². The Morgan fingerprint density at radius 2 is 0.577 bits per heavy atom. The first kappa shape index (κ1) is 62.0. The fourth-order valence-corrected chi connectivity index (χ4v) is 10.1. The first-order valence-electron chi connectivity index (χ1n) is 30.7. The Bertz CT molecular complexity index is 4880. The zero-order valence-electron chi connectivity index (χ0n) is 51.9. The molecule has 0 saturated heterocycles. The molecular formula is C79H56N18. The van der Waals surface area contributed by atoms with Crippen molar-refractivity contribution in [1.82, 2.24) is 89.7 Å². The van der Waals surface area contributed by atoms with Gasteiger partial charge in [-0.25, -0.2) is 79.7 Å². The summed E-state index contributed by atoms with van der Waals surface area (Å²) in [6.45, 7) is 0. The highest BCUT2D eigenvalue weighted by Crippen LogP contribution is 2.25. The molecule has 18 nitrogen and oxygen atoms in total. The normalized spacial score (nSPS) is 10.5. The van der Waals surface area contributed by atoms with Crippen molar-refractivity contribution in [3.05, 3.63) is 336 Å². The van der Waals surface area contributed by atoms with Crippen LogP contribution in [0.25, 0.3) is 132 Å². The summed E-state index contributed by atoms with van der Waals surface area (Å²) in [5.41, 5.74) is 17.8. The van der Waals surface area contributed by atoms with Crippen molar-refractivity contribution in [2.45, 2.75) is 0 Å².